The van der Waals surface area contributed by atoms with Gasteiger partial charge in [0, 0.05) is 25.0 Å². The summed E-state index contributed by atoms with van der Waals surface area (Å²) in [5, 5.41) is 11.3. The van der Waals surface area contributed by atoms with Gasteiger partial charge in [0.2, 0.25) is 10.0 Å². The fraction of sp³-hybridized carbons (Fsp3) is 0.250. The summed E-state index contributed by atoms with van der Waals surface area (Å²) >= 11 is 0. The molecule has 0 radical (unpaired) electrons. The third kappa shape index (κ3) is 4.23. The van der Waals surface area contributed by atoms with Crippen LogP contribution in [0.5, 0.6) is 0 Å². The van der Waals surface area contributed by atoms with Crippen LogP contribution in [0.2, 0.25) is 0 Å². The summed E-state index contributed by atoms with van der Waals surface area (Å²) in [7, 11) is -2.19. The van der Waals surface area contributed by atoms with E-state index in [1.54, 1.807) is 19.9 Å². The molecular weight excluding hydrogens is 347 g/mol. The van der Waals surface area contributed by atoms with E-state index in [-0.39, 0.29) is 27.9 Å². The Morgan fingerprint density at radius 2 is 2.00 bits per heavy atom. The van der Waals surface area contributed by atoms with Gasteiger partial charge in [-0.15, -0.1) is 0 Å². The zero-order valence-corrected chi connectivity index (χ0v) is 14.7. The maximum absolute atomic E-state index is 13.3. The van der Waals surface area contributed by atoms with Gasteiger partial charge in [0.1, 0.15) is 22.5 Å². The lowest BCUT2D eigenvalue weighted by Crippen LogP contribution is -2.29. The summed E-state index contributed by atoms with van der Waals surface area (Å²) < 4.78 is 41.5. The number of rotatable bonds is 5. The molecule has 7 nitrogen and oxygen atoms in total. The maximum Gasteiger partial charge on any atom is 0.272 e. The Balaban J connectivity index is 2.28. The minimum atomic E-state index is -3.73. The normalized spacial score (nSPS) is 11.4. The highest BCUT2D eigenvalue weighted by Crippen LogP contribution is 2.18. The lowest BCUT2D eigenvalue weighted by atomic mass is 10.2. The predicted molar refractivity (Wildman–Crippen MR) is 89.9 cm³/mol. The van der Waals surface area contributed by atoms with E-state index in [2.05, 4.69) is 10.0 Å². The SMILES string of the molecule is CC(C)NS(=O)(=O)c1cc(C(=O)Nc2ccc(F)c(C#N)c2)n(C)c1. The topological polar surface area (TPSA) is 104 Å². The summed E-state index contributed by atoms with van der Waals surface area (Å²) in [5.74, 6) is -1.27. The molecule has 9 heteroatoms. The molecule has 0 unspecified atom stereocenters. The average Bonchev–Trinajstić information content (AvgIpc) is 2.91. The number of nitriles is 1. The fourth-order valence-electron chi connectivity index (χ4n) is 2.17. The summed E-state index contributed by atoms with van der Waals surface area (Å²) in [6.07, 6.45) is 1.32. The first-order valence-corrected chi connectivity index (χ1v) is 8.82. The number of benzene rings is 1. The summed E-state index contributed by atoms with van der Waals surface area (Å²) in [5.41, 5.74) is 0.134. The van der Waals surface area contributed by atoms with Crippen molar-refractivity contribution in [2.45, 2.75) is 24.8 Å². The standard InChI is InChI=1S/C16H17FN4O3S/c1-10(2)20-25(23,24)13-7-15(21(3)9-13)16(22)19-12-4-5-14(17)11(6-12)8-18/h4-7,9-10,20H,1-3H3,(H,19,22). The second-order valence-corrected chi connectivity index (χ2v) is 7.42. The van der Waals surface area contributed by atoms with Gasteiger partial charge >= 0.3 is 0 Å². The average molecular weight is 364 g/mol. The van der Waals surface area contributed by atoms with Crippen molar-refractivity contribution in [1.82, 2.24) is 9.29 Å². The van der Waals surface area contributed by atoms with E-state index in [1.807, 2.05) is 0 Å². The molecule has 0 spiro atoms. The fourth-order valence-corrected chi connectivity index (χ4v) is 3.49. The molecular formula is C16H17FN4O3S. The van der Waals surface area contributed by atoms with Crippen LogP contribution in [-0.4, -0.2) is 24.9 Å². The van der Waals surface area contributed by atoms with Gasteiger partial charge in [0.25, 0.3) is 5.91 Å². The number of carbonyl (C=O) groups excluding carboxylic acids is 1. The molecule has 2 N–H and O–H groups in total. The van der Waals surface area contributed by atoms with E-state index >= 15 is 0 Å². The van der Waals surface area contributed by atoms with Crippen LogP contribution in [0.25, 0.3) is 0 Å². The van der Waals surface area contributed by atoms with Gasteiger partial charge in [0.05, 0.1) is 5.56 Å². The van der Waals surface area contributed by atoms with Crippen molar-refractivity contribution in [2.24, 2.45) is 7.05 Å². The van der Waals surface area contributed by atoms with Crippen LogP contribution in [-0.2, 0) is 17.1 Å². The molecule has 1 aromatic heterocycles. The number of amides is 1. The molecule has 2 aromatic rings. The maximum atomic E-state index is 13.3. The van der Waals surface area contributed by atoms with Gasteiger partial charge in [-0.25, -0.2) is 17.5 Å². The second kappa shape index (κ2) is 7.04. The molecule has 0 bridgehead atoms. The molecule has 2 rings (SSSR count). The molecule has 0 aliphatic heterocycles. The highest BCUT2D eigenvalue weighted by Gasteiger charge is 2.21. The lowest BCUT2D eigenvalue weighted by Gasteiger charge is -2.07. The van der Waals surface area contributed by atoms with Crippen molar-refractivity contribution < 1.29 is 17.6 Å². The van der Waals surface area contributed by atoms with Gasteiger partial charge in [-0.2, -0.15) is 5.26 Å². The van der Waals surface area contributed by atoms with E-state index in [4.69, 9.17) is 5.26 Å². The van der Waals surface area contributed by atoms with Crippen molar-refractivity contribution in [3.63, 3.8) is 0 Å². The minimum Gasteiger partial charge on any atom is -0.345 e. The Hall–Kier alpha value is -2.70. The number of aromatic nitrogens is 1. The van der Waals surface area contributed by atoms with Crippen LogP contribution in [0, 0.1) is 17.1 Å². The first kappa shape index (κ1) is 18.6. The largest absolute Gasteiger partial charge is 0.345 e. The van der Waals surface area contributed by atoms with E-state index in [9.17, 15) is 17.6 Å². The lowest BCUT2D eigenvalue weighted by molar-refractivity contribution is 0.101. The Labute approximate surface area is 145 Å². The number of halogens is 1. The number of hydrogen-bond donors (Lipinski definition) is 2. The minimum absolute atomic E-state index is 0.0364. The molecule has 1 amide bonds. The number of anilines is 1. The first-order valence-electron chi connectivity index (χ1n) is 7.33. The van der Waals surface area contributed by atoms with Crippen LogP contribution >= 0.6 is 0 Å². The Bertz CT molecular complexity index is 958. The third-order valence-electron chi connectivity index (χ3n) is 3.26. The van der Waals surface area contributed by atoms with Crippen molar-refractivity contribution in [3.8, 4) is 6.07 Å². The number of sulfonamides is 1. The van der Waals surface area contributed by atoms with Crippen LogP contribution in [0.1, 0.15) is 29.9 Å². The number of nitrogens with one attached hydrogen (secondary N) is 2. The van der Waals surface area contributed by atoms with Crippen molar-refractivity contribution in [2.75, 3.05) is 5.32 Å². The molecule has 0 saturated heterocycles. The zero-order chi connectivity index (χ0) is 18.8. The molecule has 0 atom stereocenters. The third-order valence-corrected chi connectivity index (χ3v) is 4.88. The smallest absolute Gasteiger partial charge is 0.272 e. The van der Waals surface area contributed by atoms with Crippen molar-refractivity contribution in [1.29, 1.82) is 5.26 Å². The molecule has 0 aliphatic rings. The van der Waals surface area contributed by atoms with Gasteiger partial charge in [-0.3, -0.25) is 4.79 Å². The summed E-state index contributed by atoms with van der Waals surface area (Å²) in [6.45, 7) is 3.38. The molecule has 132 valence electrons. The highest BCUT2D eigenvalue weighted by atomic mass is 32.2. The molecule has 1 aromatic carbocycles. The molecule has 25 heavy (non-hydrogen) atoms. The molecule has 1 heterocycles. The Kier molecular flexibility index (Phi) is 5.25. The summed E-state index contributed by atoms with van der Waals surface area (Å²) in [4.78, 5) is 12.3. The van der Waals surface area contributed by atoms with Crippen LogP contribution in [0.3, 0.4) is 0 Å². The van der Waals surface area contributed by atoms with Gasteiger partial charge in [-0.05, 0) is 38.1 Å². The second-order valence-electron chi connectivity index (χ2n) is 5.71. The predicted octanol–water partition coefficient (Wildman–Crippen LogP) is 1.97. The number of carbonyl (C=O) groups is 1. The monoisotopic (exact) mass is 364 g/mol. The summed E-state index contributed by atoms with van der Waals surface area (Å²) in [6, 6.07) is 6.23. The Morgan fingerprint density at radius 3 is 2.60 bits per heavy atom. The van der Waals surface area contributed by atoms with Crippen LogP contribution in [0.15, 0.2) is 35.4 Å². The highest BCUT2D eigenvalue weighted by molar-refractivity contribution is 7.89. The number of hydrogen-bond acceptors (Lipinski definition) is 4. The van der Waals surface area contributed by atoms with Crippen LogP contribution in [0.4, 0.5) is 10.1 Å². The van der Waals surface area contributed by atoms with E-state index < -0.39 is 21.7 Å². The van der Waals surface area contributed by atoms with E-state index in [0.717, 1.165) is 6.07 Å². The van der Waals surface area contributed by atoms with E-state index in [0.29, 0.717) is 0 Å². The van der Waals surface area contributed by atoms with Gasteiger partial charge in [0.15, 0.2) is 0 Å². The van der Waals surface area contributed by atoms with Gasteiger partial charge in [-0.1, -0.05) is 0 Å². The Morgan fingerprint density at radius 1 is 1.32 bits per heavy atom. The van der Waals surface area contributed by atoms with Crippen molar-refractivity contribution in [3.05, 3.63) is 47.5 Å². The number of aryl methyl sites for hydroxylation is 1. The molecule has 0 saturated carbocycles. The number of nitrogens with zero attached hydrogens (tertiary/aromatic N) is 2. The van der Waals surface area contributed by atoms with Crippen molar-refractivity contribution >= 4 is 21.6 Å². The van der Waals surface area contributed by atoms with E-state index in [1.165, 1.54) is 36.0 Å². The van der Waals surface area contributed by atoms with Crippen LogP contribution < -0.4 is 10.0 Å². The molecule has 0 fully saturated rings. The first-order chi connectivity index (χ1) is 11.6. The van der Waals surface area contributed by atoms with Gasteiger partial charge < -0.3 is 9.88 Å². The molecule has 0 aliphatic carbocycles. The quantitative estimate of drug-likeness (QED) is 0.846. The zero-order valence-electron chi connectivity index (χ0n) is 13.9.